The maximum atomic E-state index is 13.0. The first kappa shape index (κ1) is 30.5. The molecule has 2 amide bonds. The predicted octanol–water partition coefficient (Wildman–Crippen LogP) is 1.45. The molecule has 1 aliphatic rings. The Kier molecular flexibility index (Phi) is 9.22. The van der Waals surface area contributed by atoms with E-state index in [1.54, 1.807) is 31.1 Å². The molecular weight excluding hydrogens is 580 g/mol. The highest BCUT2D eigenvalue weighted by Crippen LogP contribution is 2.19. The summed E-state index contributed by atoms with van der Waals surface area (Å²) < 4.78 is 4.57. The third-order valence-corrected chi connectivity index (χ3v) is 6.97. The Labute approximate surface area is 256 Å². The van der Waals surface area contributed by atoms with Gasteiger partial charge in [-0.3, -0.25) is 28.7 Å². The Morgan fingerprint density at radius 2 is 1.78 bits per heavy atom. The normalized spacial score (nSPS) is 17.2. The number of carbonyl (C=O) groups excluding carboxylic acids is 2. The molecule has 0 saturated heterocycles. The van der Waals surface area contributed by atoms with Gasteiger partial charge in [-0.1, -0.05) is 59.8 Å². The van der Waals surface area contributed by atoms with Crippen molar-refractivity contribution in [3.8, 4) is 0 Å². The standard InChI is InChI=1S/C31H30N8O6/c1-39(2)25-24(26(40)27(25)41)32-15-18-7-5-8-19(13-18)16-33-29(42)22-14-23(35-17-34-22)30(43)36-21-11-4-3-9-20(10-6-12-21)28-37-31(44)45-38-28/h3,5-10,12-14,17,21,32H,4,11,15-16H2,1-2H3,(H,33,42)(H,36,43)(H,37,38,44)/b9-3+,12-6+,20-10+/t21-/m0/s1. The molecule has 14 nitrogen and oxygen atoms in total. The van der Waals surface area contributed by atoms with Crippen LogP contribution in [0.3, 0.4) is 0 Å². The van der Waals surface area contributed by atoms with Crippen LogP contribution in [0.2, 0.25) is 0 Å². The number of aromatic amines is 1. The summed E-state index contributed by atoms with van der Waals surface area (Å²) >= 11 is 0. The van der Waals surface area contributed by atoms with Gasteiger partial charge in [0.05, 0.1) is 0 Å². The number of benzene rings is 1. The summed E-state index contributed by atoms with van der Waals surface area (Å²) in [6.07, 6.45) is 11.4. The highest BCUT2D eigenvalue weighted by atomic mass is 16.5. The van der Waals surface area contributed by atoms with Crippen molar-refractivity contribution in [2.24, 2.45) is 0 Å². The molecule has 0 saturated carbocycles. The molecule has 4 aromatic rings. The van der Waals surface area contributed by atoms with Crippen molar-refractivity contribution in [3.05, 3.63) is 126 Å². The zero-order valence-corrected chi connectivity index (χ0v) is 24.5. The average molecular weight is 611 g/mol. The first-order chi connectivity index (χ1) is 21.7. The quantitative estimate of drug-likeness (QED) is 0.190. The van der Waals surface area contributed by atoms with Crippen molar-refractivity contribution in [2.45, 2.75) is 32.0 Å². The number of hydrogen-bond donors (Lipinski definition) is 4. The van der Waals surface area contributed by atoms with Gasteiger partial charge in [-0.2, -0.15) is 0 Å². The summed E-state index contributed by atoms with van der Waals surface area (Å²) in [6, 6.07) is 8.41. The number of nitrogens with one attached hydrogen (secondary N) is 4. The van der Waals surface area contributed by atoms with Crippen LogP contribution in [0.1, 0.15) is 50.8 Å². The monoisotopic (exact) mass is 610 g/mol. The lowest BCUT2D eigenvalue weighted by Crippen LogP contribution is -2.39. The maximum absolute atomic E-state index is 13.0. The third-order valence-electron chi connectivity index (χ3n) is 6.97. The molecule has 14 heteroatoms. The average Bonchev–Trinajstić information content (AvgIpc) is 3.51. The van der Waals surface area contributed by atoms with Gasteiger partial charge >= 0.3 is 5.76 Å². The molecule has 0 unspecified atom stereocenters. The van der Waals surface area contributed by atoms with Crippen LogP contribution in [-0.4, -0.2) is 52.1 Å². The van der Waals surface area contributed by atoms with Crippen LogP contribution in [-0.2, 0) is 13.1 Å². The second kappa shape index (κ2) is 13.6. The van der Waals surface area contributed by atoms with Crippen LogP contribution in [0.5, 0.6) is 0 Å². The van der Waals surface area contributed by atoms with E-state index in [0.717, 1.165) is 17.5 Å². The smallest absolute Gasteiger partial charge is 0.376 e. The minimum absolute atomic E-state index is 0.0337. The molecular formula is C31H30N8O6. The van der Waals surface area contributed by atoms with Crippen LogP contribution in [0.15, 0.2) is 85.9 Å². The molecule has 0 radical (unpaired) electrons. The lowest BCUT2D eigenvalue weighted by molar-refractivity contribution is 0.0937. The maximum Gasteiger partial charge on any atom is 0.439 e. The fraction of sp³-hybridized carbons (Fsp3) is 0.226. The minimum atomic E-state index is -0.648. The van der Waals surface area contributed by atoms with Crippen molar-refractivity contribution >= 4 is 28.8 Å². The highest BCUT2D eigenvalue weighted by molar-refractivity contribution is 5.97. The van der Waals surface area contributed by atoms with Gasteiger partial charge in [0.1, 0.15) is 29.1 Å². The van der Waals surface area contributed by atoms with E-state index in [-0.39, 0.29) is 29.7 Å². The topological polar surface area (TPSA) is 192 Å². The lowest BCUT2D eigenvalue weighted by atomic mass is 10.1. The zero-order valence-electron chi connectivity index (χ0n) is 24.5. The molecule has 1 atom stereocenters. The molecule has 0 fully saturated rings. The van der Waals surface area contributed by atoms with Crippen LogP contribution in [0, 0.1) is 0 Å². The van der Waals surface area contributed by atoms with Gasteiger partial charge in [0, 0.05) is 44.9 Å². The van der Waals surface area contributed by atoms with Gasteiger partial charge in [0.2, 0.25) is 0 Å². The zero-order chi connectivity index (χ0) is 31.9. The molecule has 0 bridgehead atoms. The highest BCUT2D eigenvalue weighted by Gasteiger charge is 2.22. The molecule has 1 aliphatic carbocycles. The summed E-state index contributed by atoms with van der Waals surface area (Å²) in [6.45, 7) is 0.517. The van der Waals surface area contributed by atoms with Crippen molar-refractivity contribution in [1.82, 2.24) is 30.7 Å². The first-order valence-corrected chi connectivity index (χ1v) is 14.0. The fourth-order valence-electron chi connectivity index (χ4n) is 4.69. The Bertz CT molecular complexity index is 1940. The molecule has 2 heterocycles. The Hall–Kier alpha value is -5.92. The SMILES string of the molecule is CN(C)c1c(NCc2cccc(CNC(=O)c3cc(C(=O)N[C@@H]4/C=C/C=C(c5noc(=O)[nH]5)\C=C\CC4)ncn3)c2)c(=O)c1=O. The van der Waals surface area contributed by atoms with Crippen LogP contribution in [0.25, 0.3) is 5.57 Å². The summed E-state index contributed by atoms with van der Waals surface area (Å²) in [5, 5.41) is 12.4. The Morgan fingerprint density at radius 3 is 2.51 bits per heavy atom. The van der Waals surface area contributed by atoms with E-state index in [9.17, 15) is 24.0 Å². The first-order valence-electron chi connectivity index (χ1n) is 14.0. The second-order valence-corrected chi connectivity index (χ2v) is 10.4. The van der Waals surface area contributed by atoms with Gasteiger partial charge in [-0.25, -0.2) is 14.8 Å². The fourth-order valence-corrected chi connectivity index (χ4v) is 4.69. The molecule has 230 valence electrons. The Morgan fingerprint density at radius 1 is 1.02 bits per heavy atom. The largest absolute Gasteiger partial charge is 0.439 e. The number of carbonyl (C=O) groups is 2. The number of H-pyrrole nitrogens is 1. The summed E-state index contributed by atoms with van der Waals surface area (Å²) in [5.41, 5.74) is 1.98. The Balaban J connectivity index is 1.17. The van der Waals surface area contributed by atoms with Gasteiger partial charge in [-0.15, -0.1) is 0 Å². The van der Waals surface area contributed by atoms with Gasteiger partial charge in [-0.05, 0) is 24.0 Å². The molecule has 0 aliphatic heterocycles. The summed E-state index contributed by atoms with van der Waals surface area (Å²) in [5.74, 6) is -1.29. The second-order valence-electron chi connectivity index (χ2n) is 10.4. The molecule has 0 spiro atoms. The summed E-state index contributed by atoms with van der Waals surface area (Å²) in [7, 11) is 3.40. The van der Waals surface area contributed by atoms with Crippen LogP contribution < -0.4 is 37.5 Å². The number of nitrogens with zero attached hydrogens (tertiary/aromatic N) is 4. The van der Waals surface area contributed by atoms with Crippen molar-refractivity contribution < 1.29 is 14.1 Å². The van der Waals surface area contributed by atoms with E-state index >= 15 is 0 Å². The third kappa shape index (κ3) is 7.36. The predicted molar refractivity (Wildman–Crippen MR) is 167 cm³/mol. The molecule has 2 aromatic carbocycles. The molecule has 45 heavy (non-hydrogen) atoms. The van der Waals surface area contributed by atoms with Crippen LogP contribution in [0.4, 0.5) is 11.4 Å². The van der Waals surface area contributed by atoms with Crippen molar-refractivity contribution in [1.29, 1.82) is 0 Å². The molecule has 4 N–H and O–H groups in total. The van der Waals surface area contributed by atoms with Crippen molar-refractivity contribution in [3.63, 3.8) is 0 Å². The number of rotatable bonds is 10. The summed E-state index contributed by atoms with van der Waals surface area (Å²) in [4.78, 5) is 73.1. The van der Waals surface area contributed by atoms with E-state index in [4.69, 9.17) is 0 Å². The van der Waals surface area contributed by atoms with Crippen LogP contribution >= 0.6 is 0 Å². The van der Waals surface area contributed by atoms with Crippen molar-refractivity contribution in [2.75, 3.05) is 24.3 Å². The van der Waals surface area contributed by atoms with Gasteiger partial charge < -0.3 is 20.9 Å². The lowest BCUT2D eigenvalue weighted by Gasteiger charge is -2.19. The number of allylic oxidation sites excluding steroid dienone is 5. The van der Waals surface area contributed by atoms with Gasteiger partial charge in [0.25, 0.3) is 22.7 Å². The van der Waals surface area contributed by atoms with E-state index in [1.165, 1.54) is 6.07 Å². The van der Waals surface area contributed by atoms with E-state index in [0.29, 0.717) is 36.5 Å². The molecule has 2 aromatic heterocycles. The van der Waals surface area contributed by atoms with E-state index in [1.807, 2.05) is 42.5 Å². The minimum Gasteiger partial charge on any atom is -0.376 e. The van der Waals surface area contributed by atoms with E-state index < -0.39 is 28.4 Å². The van der Waals surface area contributed by atoms with Gasteiger partial charge in [0.15, 0.2) is 5.82 Å². The number of hydrogen-bond acceptors (Lipinski definition) is 11. The molecule has 5 rings (SSSR count). The number of amides is 2. The number of aromatic nitrogens is 4. The van der Waals surface area contributed by atoms with E-state index in [2.05, 4.69) is 40.6 Å². The number of anilines is 2.